The zero-order valence-corrected chi connectivity index (χ0v) is 14.2. The maximum absolute atomic E-state index is 13.9. The summed E-state index contributed by atoms with van der Waals surface area (Å²) in [5.41, 5.74) is 0.976. The van der Waals surface area contributed by atoms with E-state index in [-0.39, 0.29) is 22.9 Å². The first-order valence-corrected chi connectivity index (χ1v) is 8.36. The van der Waals surface area contributed by atoms with Crippen molar-refractivity contribution in [3.63, 3.8) is 0 Å². The number of aromatic nitrogens is 2. The van der Waals surface area contributed by atoms with Gasteiger partial charge in [0.15, 0.2) is 0 Å². The molecule has 0 unspecified atom stereocenters. The predicted octanol–water partition coefficient (Wildman–Crippen LogP) is 3.14. The molecule has 1 aromatic carbocycles. The van der Waals surface area contributed by atoms with Crippen molar-refractivity contribution in [3.05, 3.63) is 52.8 Å². The quantitative estimate of drug-likeness (QED) is 0.910. The van der Waals surface area contributed by atoms with E-state index in [9.17, 15) is 4.39 Å². The van der Waals surface area contributed by atoms with Gasteiger partial charge in [-0.2, -0.15) is 0 Å². The van der Waals surface area contributed by atoms with Crippen molar-refractivity contribution in [2.24, 2.45) is 7.05 Å². The first-order chi connectivity index (χ1) is 11.1. The van der Waals surface area contributed by atoms with E-state index < -0.39 is 0 Å². The Balaban J connectivity index is 1.78. The average Bonchev–Trinajstić information content (AvgIpc) is 3.13. The molecule has 2 heterocycles. The minimum absolute atomic E-state index is 0.159. The van der Waals surface area contributed by atoms with Crippen LogP contribution in [-0.2, 0) is 13.6 Å². The van der Waals surface area contributed by atoms with Gasteiger partial charge in [0, 0.05) is 32.0 Å². The van der Waals surface area contributed by atoms with Gasteiger partial charge in [-0.15, -0.1) is 0 Å². The normalized spacial score (nSPS) is 21.9. The number of hydrogen-bond acceptors (Lipinski definition) is 3. The fraction of sp³-hybridized carbons (Fsp3) is 0.471. The van der Waals surface area contributed by atoms with Gasteiger partial charge in [0.2, 0.25) is 0 Å². The Labute approximate surface area is 141 Å². The highest BCUT2D eigenvalue weighted by Gasteiger charge is 2.34. The van der Waals surface area contributed by atoms with Crippen LogP contribution in [-0.4, -0.2) is 33.6 Å². The van der Waals surface area contributed by atoms with Crippen LogP contribution >= 0.6 is 11.6 Å². The summed E-state index contributed by atoms with van der Waals surface area (Å²) in [5, 5.41) is 3.76. The highest BCUT2D eigenvalue weighted by molar-refractivity contribution is 6.30. The highest BCUT2D eigenvalue weighted by atomic mass is 35.5. The minimum atomic E-state index is -0.352. The molecule has 0 spiro atoms. The molecule has 124 valence electrons. The summed E-state index contributed by atoms with van der Waals surface area (Å²) in [6.45, 7) is 4.79. The number of rotatable bonds is 5. The van der Waals surface area contributed by atoms with E-state index in [1.165, 1.54) is 0 Å². The van der Waals surface area contributed by atoms with Crippen LogP contribution in [0.2, 0.25) is 5.02 Å². The van der Waals surface area contributed by atoms with Gasteiger partial charge in [0.1, 0.15) is 11.6 Å². The summed E-state index contributed by atoms with van der Waals surface area (Å²) >= 11 is 5.82. The first kappa shape index (κ1) is 16.4. The molecule has 2 aromatic rings. The molecule has 1 saturated heterocycles. The number of halogens is 2. The Morgan fingerprint density at radius 3 is 2.91 bits per heavy atom. The molecular formula is C17H22ClFN4. The van der Waals surface area contributed by atoms with Gasteiger partial charge < -0.3 is 9.88 Å². The van der Waals surface area contributed by atoms with Gasteiger partial charge in [-0.05, 0) is 30.7 Å². The molecule has 1 aliphatic rings. The van der Waals surface area contributed by atoms with Crippen LogP contribution < -0.4 is 5.32 Å². The van der Waals surface area contributed by atoms with E-state index in [0.717, 1.165) is 30.9 Å². The molecule has 1 aliphatic heterocycles. The van der Waals surface area contributed by atoms with Crippen molar-refractivity contribution in [3.8, 4) is 0 Å². The lowest BCUT2D eigenvalue weighted by Crippen LogP contribution is -2.36. The van der Waals surface area contributed by atoms with Crippen molar-refractivity contribution < 1.29 is 4.39 Å². The number of nitrogens with zero attached hydrogens (tertiary/aromatic N) is 3. The molecule has 4 nitrogen and oxygen atoms in total. The van der Waals surface area contributed by atoms with Crippen molar-refractivity contribution in [1.29, 1.82) is 0 Å². The summed E-state index contributed by atoms with van der Waals surface area (Å²) in [7, 11) is 1.99. The predicted molar refractivity (Wildman–Crippen MR) is 89.9 cm³/mol. The Bertz CT molecular complexity index is 672. The third-order valence-electron chi connectivity index (χ3n) is 4.64. The summed E-state index contributed by atoms with van der Waals surface area (Å²) in [4.78, 5) is 6.72. The Morgan fingerprint density at radius 1 is 1.43 bits per heavy atom. The van der Waals surface area contributed by atoms with Crippen LogP contribution in [0.15, 0.2) is 30.6 Å². The number of aryl methyl sites for hydroxylation is 1. The molecule has 3 rings (SSSR count). The summed E-state index contributed by atoms with van der Waals surface area (Å²) in [6, 6.07) is 5.57. The summed E-state index contributed by atoms with van der Waals surface area (Å²) < 4.78 is 15.9. The Morgan fingerprint density at radius 2 is 2.26 bits per heavy atom. The van der Waals surface area contributed by atoms with Crippen molar-refractivity contribution in [2.45, 2.75) is 32.0 Å². The van der Waals surface area contributed by atoms with Crippen molar-refractivity contribution >= 4 is 11.6 Å². The molecule has 0 bridgehead atoms. The SMILES string of the molecule is CCN1CC[C@H](NCc2nccn2C)[C@H]1c1ccc(Cl)c(F)c1. The molecule has 0 aliphatic carbocycles. The van der Waals surface area contributed by atoms with E-state index >= 15 is 0 Å². The van der Waals surface area contributed by atoms with Crippen LogP contribution in [0.5, 0.6) is 0 Å². The molecule has 0 saturated carbocycles. The van der Waals surface area contributed by atoms with Crippen molar-refractivity contribution in [1.82, 2.24) is 19.8 Å². The molecular weight excluding hydrogens is 315 g/mol. The highest BCUT2D eigenvalue weighted by Crippen LogP contribution is 2.33. The molecule has 1 N–H and O–H groups in total. The van der Waals surface area contributed by atoms with E-state index in [1.54, 1.807) is 18.3 Å². The van der Waals surface area contributed by atoms with E-state index in [2.05, 4.69) is 22.1 Å². The third kappa shape index (κ3) is 3.42. The number of benzene rings is 1. The number of hydrogen-bond donors (Lipinski definition) is 1. The van der Waals surface area contributed by atoms with Crippen molar-refractivity contribution in [2.75, 3.05) is 13.1 Å². The van der Waals surface area contributed by atoms with Crippen LogP contribution in [0, 0.1) is 5.82 Å². The second-order valence-corrected chi connectivity index (χ2v) is 6.38. The molecule has 0 amide bonds. The van der Waals surface area contributed by atoms with E-state index in [1.807, 2.05) is 23.9 Å². The number of likely N-dealkylation sites (tertiary alicyclic amines) is 1. The van der Waals surface area contributed by atoms with Crippen LogP contribution in [0.4, 0.5) is 4.39 Å². The van der Waals surface area contributed by atoms with Gasteiger partial charge in [-0.3, -0.25) is 4.90 Å². The smallest absolute Gasteiger partial charge is 0.142 e. The fourth-order valence-electron chi connectivity index (χ4n) is 3.35. The average molecular weight is 337 g/mol. The molecule has 2 atom stereocenters. The Hall–Kier alpha value is -1.43. The number of imidazole rings is 1. The molecule has 6 heteroatoms. The van der Waals surface area contributed by atoms with Gasteiger partial charge in [0.05, 0.1) is 17.6 Å². The first-order valence-electron chi connectivity index (χ1n) is 7.98. The monoisotopic (exact) mass is 336 g/mol. The molecule has 23 heavy (non-hydrogen) atoms. The molecule has 1 aromatic heterocycles. The van der Waals surface area contributed by atoms with Gasteiger partial charge in [-0.1, -0.05) is 24.6 Å². The van der Waals surface area contributed by atoms with Gasteiger partial charge >= 0.3 is 0 Å². The second-order valence-electron chi connectivity index (χ2n) is 5.98. The molecule has 0 radical (unpaired) electrons. The zero-order valence-electron chi connectivity index (χ0n) is 13.5. The maximum atomic E-state index is 13.9. The lowest BCUT2D eigenvalue weighted by molar-refractivity contribution is 0.247. The summed E-state index contributed by atoms with van der Waals surface area (Å²) in [6.07, 6.45) is 4.78. The number of likely N-dealkylation sites (N-methyl/N-ethyl adjacent to an activating group) is 1. The van der Waals surface area contributed by atoms with Crippen LogP contribution in [0.1, 0.15) is 30.8 Å². The lowest BCUT2D eigenvalue weighted by Gasteiger charge is -2.28. The van der Waals surface area contributed by atoms with Gasteiger partial charge in [-0.25, -0.2) is 9.37 Å². The Kier molecular flexibility index (Phi) is 4.99. The van der Waals surface area contributed by atoms with E-state index in [0.29, 0.717) is 6.54 Å². The lowest BCUT2D eigenvalue weighted by atomic mass is 10.00. The number of nitrogens with one attached hydrogen (secondary N) is 1. The maximum Gasteiger partial charge on any atom is 0.142 e. The standard InChI is InChI=1S/C17H22ClFN4/c1-3-23-8-6-15(21-11-16-20-7-9-22(16)2)17(23)12-4-5-13(18)14(19)10-12/h4-5,7,9-10,15,17,21H,3,6,8,11H2,1-2H3/t15-,17+/m0/s1. The second kappa shape index (κ2) is 6.99. The zero-order chi connectivity index (χ0) is 16.4. The molecule has 1 fully saturated rings. The fourth-order valence-corrected chi connectivity index (χ4v) is 3.47. The minimum Gasteiger partial charge on any atom is -0.337 e. The van der Waals surface area contributed by atoms with E-state index in [4.69, 9.17) is 11.6 Å². The largest absolute Gasteiger partial charge is 0.337 e. The third-order valence-corrected chi connectivity index (χ3v) is 4.94. The topological polar surface area (TPSA) is 33.1 Å². The van der Waals surface area contributed by atoms with Gasteiger partial charge in [0.25, 0.3) is 0 Å². The van der Waals surface area contributed by atoms with Crippen LogP contribution in [0.25, 0.3) is 0 Å². The summed E-state index contributed by atoms with van der Waals surface area (Å²) in [5.74, 6) is 0.649. The van der Waals surface area contributed by atoms with Crippen LogP contribution in [0.3, 0.4) is 0 Å².